The number of carbonyl (C=O) groups excluding carboxylic acids is 1. The smallest absolute Gasteiger partial charge is 0.255 e. The van der Waals surface area contributed by atoms with Gasteiger partial charge in [0.15, 0.2) is 0 Å². The van der Waals surface area contributed by atoms with E-state index < -0.39 is 0 Å². The average molecular weight is 287 g/mol. The van der Waals surface area contributed by atoms with E-state index in [0.717, 1.165) is 23.4 Å². The maximum atomic E-state index is 12.1. The fourth-order valence-corrected chi connectivity index (χ4v) is 1.96. The molecule has 1 heterocycles. The average Bonchev–Trinajstić information content (AvgIpc) is 2.83. The summed E-state index contributed by atoms with van der Waals surface area (Å²) in [4.78, 5) is 12.1. The van der Waals surface area contributed by atoms with Crippen LogP contribution in [0.5, 0.6) is 5.75 Å². The van der Waals surface area contributed by atoms with Crippen LogP contribution in [0.1, 0.15) is 35.0 Å². The third-order valence-electron chi connectivity index (χ3n) is 3.30. The van der Waals surface area contributed by atoms with Crippen LogP contribution in [-0.4, -0.2) is 22.3 Å². The van der Waals surface area contributed by atoms with Gasteiger partial charge in [-0.15, -0.1) is 0 Å². The van der Waals surface area contributed by atoms with Crippen LogP contribution in [0.15, 0.2) is 30.5 Å². The van der Waals surface area contributed by atoms with Crippen LogP contribution in [0.4, 0.5) is 0 Å². The molecule has 0 fully saturated rings. The third kappa shape index (κ3) is 3.84. The molecule has 0 aliphatic heterocycles. The molecule has 0 radical (unpaired) electrons. The number of nitrogens with one attached hydrogen (secondary N) is 1. The van der Waals surface area contributed by atoms with Crippen molar-refractivity contribution in [3.8, 4) is 5.75 Å². The fraction of sp³-hybridized carbons (Fsp3) is 0.375. The molecule has 21 heavy (non-hydrogen) atoms. The number of benzene rings is 1. The number of amides is 1. The zero-order chi connectivity index (χ0) is 15.2. The van der Waals surface area contributed by atoms with E-state index in [-0.39, 0.29) is 5.91 Å². The van der Waals surface area contributed by atoms with E-state index in [0.29, 0.717) is 18.7 Å². The molecule has 2 rings (SSSR count). The van der Waals surface area contributed by atoms with Gasteiger partial charge in [0.2, 0.25) is 0 Å². The van der Waals surface area contributed by atoms with Gasteiger partial charge < -0.3 is 10.1 Å². The molecule has 2 aromatic rings. The van der Waals surface area contributed by atoms with Crippen LogP contribution in [-0.2, 0) is 13.6 Å². The van der Waals surface area contributed by atoms with Crippen molar-refractivity contribution < 1.29 is 9.53 Å². The van der Waals surface area contributed by atoms with Gasteiger partial charge in [-0.1, -0.05) is 19.1 Å². The highest BCUT2D eigenvalue weighted by Crippen LogP contribution is 2.14. The molecular formula is C16H21N3O2. The van der Waals surface area contributed by atoms with Crippen LogP contribution in [0.2, 0.25) is 0 Å². The van der Waals surface area contributed by atoms with Crippen LogP contribution in [0.25, 0.3) is 0 Å². The largest absolute Gasteiger partial charge is 0.494 e. The number of aromatic nitrogens is 2. The Balaban J connectivity index is 1.96. The molecule has 0 unspecified atom stereocenters. The molecule has 0 atom stereocenters. The highest BCUT2D eigenvalue weighted by molar-refractivity contribution is 5.94. The highest BCUT2D eigenvalue weighted by atomic mass is 16.5. The summed E-state index contributed by atoms with van der Waals surface area (Å²) in [5.74, 6) is 0.724. The van der Waals surface area contributed by atoms with Crippen LogP contribution >= 0.6 is 0 Å². The van der Waals surface area contributed by atoms with Crippen LogP contribution < -0.4 is 10.1 Å². The summed E-state index contributed by atoms with van der Waals surface area (Å²) in [5, 5.41) is 6.98. The predicted octanol–water partition coefficient (Wildman–Crippen LogP) is 2.45. The van der Waals surface area contributed by atoms with Gasteiger partial charge in [0.25, 0.3) is 5.91 Å². The molecule has 1 aromatic heterocycles. The van der Waals surface area contributed by atoms with Crippen molar-refractivity contribution in [2.45, 2.75) is 26.8 Å². The second-order valence-electron chi connectivity index (χ2n) is 4.95. The topological polar surface area (TPSA) is 56.1 Å². The summed E-state index contributed by atoms with van der Waals surface area (Å²) >= 11 is 0. The zero-order valence-corrected chi connectivity index (χ0v) is 12.7. The first kappa shape index (κ1) is 15.1. The normalized spacial score (nSPS) is 10.4. The van der Waals surface area contributed by atoms with Gasteiger partial charge in [0, 0.05) is 19.3 Å². The van der Waals surface area contributed by atoms with Crippen molar-refractivity contribution >= 4 is 5.91 Å². The van der Waals surface area contributed by atoms with E-state index >= 15 is 0 Å². The Bertz CT molecular complexity index is 620. The lowest BCUT2D eigenvalue weighted by atomic mass is 10.2. The number of nitrogens with zero attached hydrogens (tertiary/aromatic N) is 2. The lowest BCUT2D eigenvalue weighted by molar-refractivity contribution is 0.0950. The van der Waals surface area contributed by atoms with Crippen molar-refractivity contribution in [1.82, 2.24) is 15.1 Å². The van der Waals surface area contributed by atoms with E-state index in [9.17, 15) is 4.79 Å². The van der Waals surface area contributed by atoms with Crippen LogP contribution in [0, 0.1) is 6.92 Å². The first-order valence-corrected chi connectivity index (χ1v) is 7.10. The molecule has 0 aliphatic carbocycles. The van der Waals surface area contributed by atoms with E-state index in [1.807, 2.05) is 38.2 Å². The van der Waals surface area contributed by atoms with Gasteiger partial charge in [0.05, 0.1) is 18.4 Å². The first-order chi connectivity index (χ1) is 10.1. The van der Waals surface area contributed by atoms with Crippen molar-refractivity contribution in [3.05, 3.63) is 47.3 Å². The zero-order valence-electron chi connectivity index (χ0n) is 12.7. The molecule has 0 spiro atoms. The minimum absolute atomic E-state index is 0.111. The standard InChI is InChI=1S/C16H21N3O2/c1-4-8-21-14-7-5-6-13(9-14)10-17-16(20)15-11-18-19(3)12(15)2/h5-7,9,11H,4,8,10H2,1-3H3,(H,17,20). The first-order valence-electron chi connectivity index (χ1n) is 7.10. The van der Waals surface area contributed by atoms with E-state index in [1.54, 1.807) is 10.9 Å². The minimum Gasteiger partial charge on any atom is -0.494 e. The molecule has 0 saturated carbocycles. The SMILES string of the molecule is CCCOc1cccc(CNC(=O)c2cnn(C)c2C)c1. The second-order valence-corrected chi connectivity index (χ2v) is 4.95. The molecule has 5 nitrogen and oxygen atoms in total. The van der Waals surface area contributed by atoms with Gasteiger partial charge in [-0.05, 0) is 31.0 Å². The Morgan fingerprint density at radius 3 is 2.90 bits per heavy atom. The summed E-state index contributed by atoms with van der Waals surface area (Å²) in [7, 11) is 1.82. The quantitative estimate of drug-likeness (QED) is 0.888. The molecule has 112 valence electrons. The van der Waals surface area contributed by atoms with E-state index in [4.69, 9.17) is 4.74 Å². The molecule has 0 bridgehead atoms. The molecule has 1 amide bonds. The number of rotatable bonds is 6. The lowest BCUT2D eigenvalue weighted by Gasteiger charge is -2.08. The van der Waals surface area contributed by atoms with Gasteiger partial charge in [0.1, 0.15) is 5.75 Å². The monoisotopic (exact) mass is 287 g/mol. The maximum Gasteiger partial charge on any atom is 0.255 e. The van der Waals surface area contributed by atoms with Crippen molar-refractivity contribution in [2.24, 2.45) is 7.05 Å². The Hall–Kier alpha value is -2.30. The van der Waals surface area contributed by atoms with Crippen molar-refractivity contribution in [1.29, 1.82) is 0 Å². The number of hydrogen-bond acceptors (Lipinski definition) is 3. The van der Waals surface area contributed by atoms with Gasteiger partial charge in [-0.3, -0.25) is 9.48 Å². The Morgan fingerprint density at radius 1 is 1.43 bits per heavy atom. The summed E-state index contributed by atoms with van der Waals surface area (Å²) in [5.41, 5.74) is 2.47. The highest BCUT2D eigenvalue weighted by Gasteiger charge is 2.12. The maximum absolute atomic E-state index is 12.1. The van der Waals surface area contributed by atoms with Gasteiger partial charge in [-0.2, -0.15) is 5.10 Å². The molecule has 1 N–H and O–H groups in total. The summed E-state index contributed by atoms with van der Waals surface area (Å²) in [6.07, 6.45) is 2.56. The van der Waals surface area contributed by atoms with Crippen molar-refractivity contribution in [3.63, 3.8) is 0 Å². The second kappa shape index (κ2) is 6.92. The third-order valence-corrected chi connectivity index (χ3v) is 3.30. The van der Waals surface area contributed by atoms with Crippen molar-refractivity contribution in [2.75, 3.05) is 6.61 Å². The lowest BCUT2D eigenvalue weighted by Crippen LogP contribution is -2.23. The molecular weight excluding hydrogens is 266 g/mol. The van der Waals surface area contributed by atoms with Crippen LogP contribution in [0.3, 0.4) is 0 Å². The number of hydrogen-bond donors (Lipinski definition) is 1. The fourth-order valence-electron chi connectivity index (χ4n) is 1.96. The molecule has 0 aliphatic rings. The number of ether oxygens (including phenoxy) is 1. The minimum atomic E-state index is -0.111. The molecule has 5 heteroatoms. The number of carbonyl (C=O) groups is 1. The summed E-state index contributed by atoms with van der Waals surface area (Å²) in [6, 6.07) is 7.77. The Kier molecular flexibility index (Phi) is 4.98. The van der Waals surface area contributed by atoms with Gasteiger partial charge in [-0.25, -0.2) is 0 Å². The predicted molar refractivity (Wildman–Crippen MR) is 81.3 cm³/mol. The number of aryl methyl sites for hydroxylation is 1. The summed E-state index contributed by atoms with van der Waals surface area (Å²) in [6.45, 7) is 5.11. The molecule has 1 aromatic carbocycles. The summed E-state index contributed by atoms with van der Waals surface area (Å²) < 4.78 is 7.27. The Labute approximate surface area is 124 Å². The van der Waals surface area contributed by atoms with E-state index in [1.165, 1.54) is 0 Å². The van der Waals surface area contributed by atoms with Gasteiger partial charge >= 0.3 is 0 Å². The van der Waals surface area contributed by atoms with E-state index in [2.05, 4.69) is 17.3 Å². The molecule has 0 saturated heterocycles. The Morgan fingerprint density at radius 2 is 2.24 bits per heavy atom.